The molecule has 2 rings (SSSR count). The molecule has 1 heterocycles. The first-order valence-electron chi connectivity index (χ1n) is 4.86. The maximum atomic E-state index is 13.1. The molecule has 82 valence electrons. The van der Waals surface area contributed by atoms with Crippen molar-refractivity contribution in [1.82, 2.24) is 4.98 Å². The van der Waals surface area contributed by atoms with E-state index in [2.05, 4.69) is 4.98 Å². The Balaban J connectivity index is 2.35. The molecular weight excluding hydrogens is 205 g/mol. The normalized spacial score (nSPS) is 10.1. The van der Waals surface area contributed by atoms with E-state index in [1.165, 1.54) is 12.1 Å². The average molecular weight is 217 g/mol. The van der Waals surface area contributed by atoms with E-state index >= 15 is 0 Å². The molecule has 16 heavy (non-hydrogen) atoms. The summed E-state index contributed by atoms with van der Waals surface area (Å²) in [5.74, 6) is -0.263. The molecule has 0 aliphatic rings. The number of rotatable bonds is 2. The number of anilines is 3. The number of benzene rings is 1. The number of pyridine rings is 1. The highest BCUT2D eigenvalue weighted by molar-refractivity contribution is 5.64. The van der Waals surface area contributed by atoms with Crippen LogP contribution in [-0.4, -0.2) is 12.0 Å². The molecule has 1 aromatic heterocycles. The van der Waals surface area contributed by atoms with Crippen LogP contribution in [0.3, 0.4) is 0 Å². The Morgan fingerprint density at radius 1 is 1.19 bits per heavy atom. The largest absolute Gasteiger partial charge is 0.397 e. The molecule has 0 bridgehead atoms. The van der Waals surface area contributed by atoms with Crippen LogP contribution in [0, 0.1) is 5.82 Å². The van der Waals surface area contributed by atoms with Gasteiger partial charge in [0.1, 0.15) is 5.82 Å². The maximum absolute atomic E-state index is 13.1. The molecule has 3 nitrogen and oxygen atoms in total. The highest BCUT2D eigenvalue weighted by Gasteiger charge is 2.05. The predicted molar refractivity (Wildman–Crippen MR) is 63.1 cm³/mol. The predicted octanol–water partition coefficient (Wildman–Crippen LogP) is 2.57. The number of nitrogen functional groups attached to an aromatic ring is 1. The first-order valence-corrected chi connectivity index (χ1v) is 4.86. The summed E-state index contributed by atoms with van der Waals surface area (Å²) in [4.78, 5) is 5.82. The van der Waals surface area contributed by atoms with Crippen LogP contribution >= 0.6 is 0 Å². The van der Waals surface area contributed by atoms with Crippen LogP contribution in [0.5, 0.6) is 0 Å². The number of hydrogen-bond donors (Lipinski definition) is 1. The van der Waals surface area contributed by atoms with Gasteiger partial charge in [-0.15, -0.1) is 0 Å². The van der Waals surface area contributed by atoms with Crippen molar-refractivity contribution in [1.29, 1.82) is 0 Å². The lowest BCUT2D eigenvalue weighted by Crippen LogP contribution is -2.10. The van der Waals surface area contributed by atoms with E-state index in [9.17, 15) is 4.39 Å². The number of hydrogen-bond acceptors (Lipinski definition) is 3. The fourth-order valence-electron chi connectivity index (χ4n) is 1.46. The van der Waals surface area contributed by atoms with Crippen molar-refractivity contribution in [3.63, 3.8) is 0 Å². The summed E-state index contributed by atoms with van der Waals surface area (Å²) in [7, 11) is 1.84. The average Bonchev–Trinajstić information content (AvgIpc) is 2.28. The van der Waals surface area contributed by atoms with Crippen molar-refractivity contribution in [3.05, 3.63) is 48.5 Å². The summed E-state index contributed by atoms with van der Waals surface area (Å²) >= 11 is 0. The monoisotopic (exact) mass is 217 g/mol. The summed E-state index contributed by atoms with van der Waals surface area (Å²) in [5, 5.41) is 0. The third-order valence-corrected chi connectivity index (χ3v) is 2.33. The van der Waals surface area contributed by atoms with Crippen LogP contribution in [-0.2, 0) is 0 Å². The molecule has 0 saturated heterocycles. The van der Waals surface area contributed by atoms with E-state index < -0.39 is 0 Å². The van der Waals surface area contributed by atoms with E-state index in [0.717, 1.165) is 11.4 Å². The minimum Gasteiger partial charge on any atom is -0.397 e. The molecular formula is C12H12FN3. The zero-order chi connectivity index (χ0) is 11.5. The third-order valence-electron chi connectivity index (χ3n) is 2.33. The Hall–Kier alpha value is -2.10. The topological polar surface area (TPSA) is 42.2 Å². The third kappa shape index (κ3) is 2.11. The van der Waals surface area contributed by atoms with Gasteiger partial charge in [-0.25, -0.2) is 4.39 Å². The van der Waals surface area contributed by atoms with Gasteiger partial charge in [-0.05, 0) is 24.3 Å². The number of nitrogens with zero attached hydrogens (tertiary/aromatic N) is 2. The van der Waals surface area contributed by atoms with Crippen molar-refractivity contribution in [3.8, 4) is 0 Å². The zero-order valence-electron chi connectivity index (χ0n) is 8.89. The molecule has 0 radical (unpaired) electrons. The quantitative estimate of drug-likeness (QED) is 0.840. The highest BCUT2D eigenvalue weighted by Crippen LogP contribution is 2.24. The number of halogens is 1. The Morgan fingerprint density at radius 3 is 2.69 bits per heavy atom. The molecule has 0 spiro atoms. The van der Waals surface area contributed by atoms with Crippen molar-refractivity contribution in [2.24, 2.45) is 0 Å². The zero-order valence-corrected chi connectivity index (χ0v) is 8.89. The van der Waals surface area contributed by atoms with E-state index in [4.69, 9.17) is 5.73 Å². The van der Waals surface area contributed by atoms with Gasteiger partial charge in [-0.2, -0.15) is 0 Å². The Kier molecular flexibility index (Phi) is 2.72. The highest BCUT2D eigenvalue weighted by atomic mass is 19.1. The summed E-state index contributed by atoms with van der Waals surface area (Å²) in [6, 6.07) is 8.16. The van der Waals surface area contributed by atoms with Crippen LogP contribution in [0.2, 0.25) is 0 Å². The summed E-state index contributed by atoms with van der Waals surface area (Å²) in [5.41, 5.74) is 7.81. The molecule has 0 aliphatic carbocycles. The minimum atomic E-state index is -0.263. The second kappa shape index (κ2) is 4.18. The summed E-state index contributed by atoms with van der Waals surface area (Å²) in [6.45, 7) is 0. The van der Waals surface area contributed by atoms with Crippen molar-refractivity contribution >= 4 is 17.1 Å². The van der Waals surface area contributed by atoms with Crippen LogP contribution in [0.4, 0.5) is 21.5 Å². The standard InChI is InChI=1S/C12H12FN3/c1-16(11-4-2-3-9(13)5-11)12-6-10(14)7-15-8-12/h2-8H,14H2,1H3. The Bertz CT molecular complexity index is 454. The van der Waals surface area contributed by atoms with Crippen LogP contribution in [0.1, 0.15) is 0 Å². The van der Waals surface area contributed by atoms with Gasteiger partial charge in [0, 0.05) is 18.9 Å². The van der Waals surface area contributed by atoms with Gasteiger partial charge < -0.3 is 10.6 Å². The molecule has 1 aromatic carbocycles. The Labute approximate surface area is 93.3 Å². The van der Waals surface area contributed by atoms with Crippen LogP contribution < -0.4 is 10.6 Å². The molecule has 0 amide bonds. The lowest BCUT2D eigenvalue weighted by molar-refractivity contribution is 0.628. The SMILES string of the molecule is CN(c1cncc(N)c1)c1cccc(F)c1. The minimum absolute atomic E-state index is 0.263. The fraction of sp³-hybridized carbons (Fsp3) is 0.0833. The smallest absolute Gasteiger partial charge is 0.125 e. The van der Waals surface area contributed by atoms with E-state index in [-0.39, 0.29) is 5.82 Å². The molecule has 2 N–H and O–H groups in total. The number of aromatic nitrogens is 1. The van der Waals surface area contributed by atoms with Crippen molar-refractivity contribution < 1.29 is 4.39 Å². The molecule has 0 fully saturated rings. The van der Waals surface area contributed by atoms with E-state index in [1.54, 1.807) is 24.5 Å². The van der Waals surface area contributed by atoms with Gasteiger partial charge in [-0.3, -0.25) is 4.98 Å². The maximum Gasteiger partial charge on any atom is 0.125 e. The second-order valence-corrected chi connectivity index (χ2v) is 3.52. The first kappa shape index (κ1) is 10.4. The summed E-state index contributed by atoms with van der Waals surface area (Å²) in [6.07, 6.45) is 3.25. The van der Waals surface area contributed by atoms with Gasteiger partial charge in [0.05, 0.1) is 17.6 Å². The molecule has 0 aliphatic heterocycles. The van der Waals surface area contributed by atoms with Gasteiger partial charge >= 0.3 is 0 Å². The molecule has 2 aromatic rings. The fourth-order valence-corrected chi connectivity index (χ4v) is 1.46. The van der Waals surface area contributed by atoms with Crippen molar-refractivity contribution in [2.75, 3.05) is 17.7 Å². The Morgan fingerprint density at radius 2 is 2.00 bits per heavy atom. The van der Waals surface area contributed by atoms with Gasteiger partial charge in [-0.1, -0.05) is 6.07 Å². The molecule has 0 saturated carbocycles. The lowest BCUT2D eigenvalue weighted by atomic mass is 10.2. The van der Waals surface area contributed by atoms with Gasteiger partial charge in [0.25, 0.3) is 0 Å². The first-order chi connectivity index (χ1) is 7.66. The van der Waals surface area contributed by atoms with Crippen LogP contribution in [0.15, 0.2) is 42.7 Å². The van der Waals surface area contributed by atoms with Crippen LogP contribution in [0.25, 0.3) is 0 Å². The van der Waals surface area contributed by atoms with Gasteiger partial charge in [0.15, 0.2) is 0 Å². The molecule has 0 atom stereocenters. The van der Waals surface area contributed by atoms with E-state index in [1.807, 2.05) is 18.0 Å². The summed E-state index contributed by atoms with van der Waals surface area (Å²) < 4.78 is 13.1. The second-order valence-electron chi connectivity index (χ2n) is 3.52. The lowest BCUT2D eigenvalue weighted by Gasteiger charge is -2.19. The molecule has 0 unspecified atom stereocenters. The van der Waals surface area contributed by atoms with Crippen molar-refractivity contribution in [2.45, 2.75) is 0 Å². The van der Waals surface area contributed by atoms with E-state index in [0.29, 0.717) is 5.69 Å². The molecule has 4 heteroatoms. The van der Waals surface area contributed by atoms with Gasteiger partial charge in [0.2, 0.25) is 0 Å². The number of nitrogens with two attached hydrogens (primary N) is 1.